The van der Waals surface area contributed by atoms with Gasteiger partial charge in [-0.3, -0.25) is 14.0 Å². The lowest BCUT2D eigenvalue weighted by atomic mass is 9.82. The zero-order valence-corrected chi connectivity index (χ0v) is 34.6. The van der Waals surface area contributed by atoms with Gasteiger partial charge in [0.2, 0.25) is 5.95 Å². The van der Waals surface area contributed by atoms with Crippen LogP contribution in [0.5, 0.6) is 5.75 Å². The predicted octanol–water partition coefficient (Wildman–Crippen LogP) is 7.23. The van der Waals surface area contributed by atoms with E-state index < -0.39 is 55.5 Å². The van der Waals surface area contributed by atoms with Gasteiger partial charge in [-0.05, 0) is 93.7 Å². The van der Waals surface area contributed by atoms with Gasteiger partial charge in [0, 0.05) is 37.6 Å². The number of carbonyl (C=O) groups is 1. The minimum Gasteiger partial charge on any atom is -0.495 e. The summed E-state index contributed by atoms with van der Waals surface area (Å²) >= 11 is 3.17. The Bertz CT molecular complexity index is 2070. The number of rotatable bonds is 16. The summed E-state index contributed by atoms with van der Waals surface area (Å²) in [5.41, 5.74) is -0.664. The number of aryl methyl sites for hydroxylation is 1. The van der Waals surface area contributed by atoms with Gasteiger partial charge in [0.15, 0.2) is 5.69 Å². The number of hydrogen-bond donors (Lipinski definition) is 3. The lowest BCUT2D eigenvalue weighted by Crippen LogP contribution is -2.41. The van der Waals surface area contributed by atoms with Crippen molar-refractivity contribution < 1.29 is 45.6 Å². The van der Waals surface area contributed by atoms with E-state index in [1.54, 1.807) is 42.9 Å². The average molecular weight is 867 g/mol. The van der Waals surface area contributed by atoms with Crippen molar-refractivity contribution in [2.75, 3.05) is 31.4 Å². The van der Waals surface area contributed by atoms with Crippen molar-refractivity contribution >= 4 is 65.2 Å². The molecular weight excluding hydrogens is 823 g/mol. The molecule has 302 valence electrons. The second-order valence-corrected chi connectivity index (χ2v) is 16.7. The number of benzene rings is 1. The molecule has 15 nitrogen and oxygen atoms in total. The number of nitrogens with one attached hydrogen (secondary N) is 3. The highest BCUT2D eigenvalue weighted by Gasteiger charge is 2.52. The molecule has 5 rings (SSSR count). The van der Waals surface area contributed by atoms with Gasteiger partial charge in [-0.2, -0.15) is 23.3 Å². The predicted molar refractivity (Wildman–Crippen MR) is 208 cm³/mol. The minimum atomic E-state index is -4.83. The third-order valence-electron chi connectivity index (χ3n) is 9.15. The number of anilines is 4. The lowest BCUT2D eigenvalue weighted by Gasteiger charge is -2.32. The molecule has 21 heteroatoms. The van der Waals surface area contributed by atoms with Gasteiger partial charge in [-0.15, -0.1) is 0 Å². The number of alkyl halides is 3. The first kappa shape index (κ1) is 43.1. The van der Waals surface area contributed by atoms with E-state index in [1.807, 2.05) is 33.9 Å². The van der Waals surface area contributed by atoms with Gasteiger partial charge in [0.05, 0.1) is 48.6 Å². The summed E-state index contributed by atoms with van der Waals surface area (Å²) in [5.74, 6) is -1.21. The van der Waals surface area contributed by atoms with Crippen molar-refractivity contribution in [1.82, 2.24) is 30.0 Å². The molecule has 1 saturated heterocycles. The molecule has 1 unspecified atom stereocenters. The second kappa shape index (κ2) is 17.2. The van der Waals surface area contributed by atoms with E-state index in [0.717, 1.165) is 5.46 Å². The third kappa shape index (κ3) is 10.3. The molecule has 2 atom stereocenters. The maximum atomic E-state index is 14.0. The Balaban J connectivity index is 1.28. The monoisotopic (exact) mass is 866 g/mol. The number of methoxy groups -OCH3 is 1. The molecule has 1 aliphatic rings. The first-order valence-corrected chi connectivity index (χ1v) is 20.1. The van der Waals surface area contributed by atoms with Gasteiger partial charge < -0.3 is 39.0 Å². The molecule has 3 aromatic heterocycles. The van der Waals surface area contributed by atoms with E-state index in [-0.39, 0.29) is 35.8 Å². The Labute approximate surface area is 331 Å². The summed E-state index contributed by atoms with van der Waals surface area (Å²) in [5, 5.41) is 12.3. The standard InChI is InChI=1S/C35H44BBrF3N8O7P/c1-9-52-56(50,53-21(2)14-15-48-19-23(17-43-48)36-54-33(3,4)34(5,6)55-36)20-22-10-11-25(27(16-22)51-8)45-32-42-18-24(35(38,39)40)30(47-32)44-26-12-13-28(37)46-29(26)31(49)41-7/h10-13,16-19,21H,9,14-15,20H2,1-8H3,(H,41,49)(H2,42,44,45,47)/t21-,56?/m1/s1. The minimum absolute atomic E-state index is 0.0201. The molecule has 0 radical (unpaired) electrons. The van der Waals surface area contributed by atoms with E-state index in [1.165, 1.54) is 26.3 Å². The summed E-state index contributed by atoms with van der Waals surface area (Å²) in [6.07, 6.45) is -0.738. The summed E-state index contributed by atoms with van der Waals surface area (Å²) in [6, 6.07) is 7.70. The van der Waals surface area contributed by atoms with E-state index >= 15 is 0 Å². The number of aromatic nitrogens is 5. The molecular formula is C35H44BBrF3N8O7P. The van der Waals surface area contributed by atoms with Crippen molar-refractivity contribution in [2.45, 2.75) is 84.2 Å². The van der Waals surface area contributed by atoms with Crippen LogP contribution in [0.2, 0.25) is 0 Å². The van der Waals surface area contributed by atoms with Crippen LogP contribution in [0.25, 0.3) is 0 Å². The molecule has 4 heterocycles. The average Bonchev–Trinajstić information content (AvgIpc) is 3.68. The summed E-state index contributed by atoms with van der Waals surface area (Å²) in [4.78, 5) is 24.5. The molecule has 1 aliphatic heterocycles. The van der Waals surface area contributed by atoms with Crippen LogP contribution < -0.4 is 26.2 Å². The van der Waals surface area contributed by atoms with Gasteiger partial charge in [0.25, 0.3) is 5.91 Å². The second-order valence-electron chi connectivity index (χ2n) is 13.9. The molecule has 0 saturated carbocycles. The fourth-order valence-electron chi connectivity index (χ4n) is 5.54. The number of hydrogen-bond acceptors (Lipinski definition) is 13. The first-order chi connectivity index (χ1) is 26.3. The van der Waals surface area contributed by atoms with E-state index in [9.17, 15) is 22.5 Å². The van der Waals surface area contributed by atoms with Crippen molar-refractivity contribution in [2.24, 2.45) is 0 Å². The smallest absolute Gasteiger partial charge is 0.495 e. The number of amides is 1. The summed E-state index contributed by atoms with van der Waals surface area (Å²) in [7, 11) is -1.44. The third-order valence-corrected chi connectivity index (χ3v) is 11.7. The SMILES string of the molecule is CCOP(=O)(Cc1ccc(Nc2ncc(C(F)(F)F)c(Nc3ccc(Br)nc3C(=O)NC)n2)c(OC)c1)O[C@H](C)CCn1cc(B2OC(C)(C)C(C)(C)O2)cn1. The maximum absolute atomic E-state index is 14.0. The molecule has 1 amide bonds. The quantitative estimate of drug-likeness (QED) is 0.0586. The van der Waals surface area contributed by atoms with Crippen molar-refractivity contribution in [1.29, 1.82) is 0 Å². The molecule has 0 bridgehead atoms. The summed E-state index contributed by atoms with van der Waals surface area (Å²) < 4.78 is 87.6. The molecule has 0 aliphatic carbocycles. The Morgan fingerprint density at radius 1 is 1.07 bits per heavy atom. The van der Waals surface area contributed by atoms with Crippen LogP contribution in [0.15, 0.2) is 53.5 Å². The fraction of sp³-hybridized carbons (Fsp3) is 0.457. The molecule has 1 aromatic carbocycles. The number of ether oxygens (including phenoxy) is 1. The maximum Gasteiger partial charge on any atom is 0.498 e. The highest BCUT2D eigenvalue weighted by Crippen LogP contribution is 2.53. The van der Waals surface area contributed by atoms with Gasteiger partial charge in [-0.1, -0.05) is 6.07 Å². The largest absolute Gasteiger partial charge is 0.498 e. The number of nitrogens with zero attached hydrogens (tertiary/aromatic N) is 5. The number of pyridine rings is 1. The summed E-state index contributed by atoms with van der Waals surface area (Å²) in [6.45, 7) is 12.1. The lowest BCUT2D eigenvalue weighted by molar-refractivity contribution is -0.137. The first-order valence-electron chi connectivity index (χ1n) is 17.6. The van der Waals surface area contributed by atoms with E-state index in [2.05, 4.69) is 51.9 Å². The van der Waals surface area contributed by atoms with Crippen LogP contribution >= 0.6 is 23.5 Å². The van der Waals surface area contributed by atoms with Crippen molar-refractivity contribution in [3.05, 3.63) is 70.3 Å². The van der Waals surface area contributed by atoms with E-state index in [0.29, 0.717) is 35.0 Å². The van der Waals surface area contributed by atoms with Crippen molar-refractivity contribution in [3.8, 4) is 5.75 Å². The van der Waals surface area contributed by atoms with Gasteiger partial charge >= 0.3 is 20.9 Å². The van der Waals surface area contributed by atoms with Crippen LogP contribution in [0, 0.1) is 0 Å². The molecule has 4 aromatic rings. The number of carbonyl (C=O) groups excluding carboxylic acids is 1. The highest BCUT2D eigenvalue weighted by molar-refractivity contribution is 9.10. The van der Waals surface area contributed by atoms with Crippen LogP contribution in [0.3, 0.4) is 0 Å². The Morgan fingerprint density at radius 3 is 2.41 bits per heavy atom. The zero-order chi connectivity index (χ0) is 41.1. The van der Waals surface area contributed by atoms with Crippen LogP contribution in [-0.4, -0.2) is 75.8 Å². The van der Waals surface area contributed by atoms with Crippen LogP contribution in [0.4, 0.5) is 36.3 Å². The molecule has 0 spiro atoms. The van der Waals surface area contributed by atoms with Crippen LogP contribution in [-0.2, 0) is 41.8 Å². The van der Waals surface area contributed by atoms with Gasteiger partial charge in [0.1, 0.15) is 21.7 Å². The normalized spacial score (nSPS) is 16.6. The van der Waals surface area contributed by atoms with Gasteiger partial charge in [-0.25, -0.2) is 9.97 Å². The Hall–Kier alpha value is -4.07. The zero-order valence-electron chi connectivity index (χ0n) is 32.2. The topological polar surface area (TPSA) is 173 Å². The van der Waals surface area contributed by atoms with Crippen molar-refractivity contribution in [3.63, 3.8) is 0 Å². The van der Waals surface area contributed by atoms with E-state index in [4.69, 9.17) is 23.1 Å². The highest BCUT2D eigenvalue weighted by atomic mass is 79.9. The molecule has 3 N–H and O–H groups in total. The Morgan fingerprint density at radius 2 is 1.77 bits per heavy atom. The molecule has 1 fully saturated rings. The Kier molecular flexibility index (Phi) is 13.2. The number of halogens is 4. The fourth-order valence-corrected chi connectivity index (χ4v) is 7.76. The molecule has 56 heavy (non-hydrogen) atoms. The van der Waals surface area contributed by atoms with Crippen LogP contribution in [0.1, 0.15) is 69.6 Å².